The van der Waals surface area contributed by atoms with E-state index < -0.39 is 0 Å². The molecule has 0 aromatic heterocycles. The lowest BCUT2D eigenvalue weighted by Gasteiger charge is -2.22. The number of amides is 1. The number of hydrogen-bond acceptors (Lipinski definition) is 3. The number of fused-ring (bicyclic) bond motifs is 1. The zero-order valence-corrected chi connectivity index (χ0v) is 14.3. The van der Waals surface area contributed by atoms with Crippen molar-refractivity contribution in [2.75, 3.05) is 30.4 Å². The number of carbonyl (C=O) groups is 1. The molecule has 0 spiro atoms. The SMILES string of the molecule is CNC1C(=O)Nc2cc(N3CCC(C(C)C)C3)c(Br)cc21. The molecule has 2 unspecified atom stereocenters. The molecule has 2 aliphatic rings. The number of benzene rings is 1. The topological polar surface area (TPSA) is 44.4 Å². The summed E-state index contributed by atoms with van der Waals surface area (Å²) in [6.07, 6.45) is 1.24. The molecule has 114 valence electrons. The van der Waals surface area contributed by atoms with Gasteiger partial charge in [-0.15, -0.1) is 0 Å². The number of anilines is 2. The van der Waals surface area contributed by atoms with E-state index >= 15 is 0 Å². The minimum atomic E-state index is -0.243. The van der Waals surface area contributed by atoms with Crippen LogP contribution in [0.5, 0.6) is 0 Å². The average molecular weight is 352 g/mol. The van der Waals surface area contributed by atoms with E-state index in [1.54, 1.807) is 0 Å². The monoisotopic (exact) mass is 351 g/mol. The van der Waals surface area contributed by atoms with Gasteiger partial charge in [0.1, 0.15) is 6.04 Å². The minimum absolute atomic E-state index is 0.0260. The van der Waals surface area contributed by atoms with E-state index in [2.05, 4.69) is 57.4 Å². The summed E-state index contributed by atoms with van der Waals surface area (Å²) in [6, 6.07) is 3.94. The Balaban J connectivity index is 1.89. The van der Waals surface area contributed by atoms with Gasteiger partial charge in [0.05, 0.1) is 5.69 Å². The largest absolute Gasteiger partial charge is 0.370 e. The van der Waals surface area contributed by atoms with Gasteiger partial charge in [-0.3, -0.25) is 4.79 Å². The molecule has 0 bridgehead atoms. The van der Waals surface area contributed by atoms with E-state index in [-0.39, 0.29) is 11.9 Å². The van der Waals surface area contributed by atoms with Gasteiger partial charge in [-0.25, -0.2) is 0 Å². The highest BCUT2D eigenvalue weighted by Crippen LogP contribution is 2.40. The quantitative estimate of drug-likeness (QED) is 0.879. The zero-order chi connectivity index (χ0) is 15.1. The van der Waals surface area contributed by atoms with Gasteiger partial charge in [-0.05, 0) is 53.4 Å². The van der Waals surface area contributed by atoms with Crippen LogP contribution in [-0.4, -0.2) is 26.0 Å². The first kappa shape index (κ1) is 14.9. The van der Waals surface area contributed by atoms with E-state index in [0.29, 0.717) is 0 Å². The van der Waals surface area contributed by atoms with Crippen LogP contribution in [0.4, 0.5) is 11.4 Å². The van der Waals surface area contributed by atoms with E-state index in [9.17, 15) is 4.79 Å². The summed E-state index contributed by atoms with van der Waals surface area (Å²) in [5.74, 6) is 1.50. The molecule has 1 amide bonds. The Morgan fingerprint density at radius 1 is 1.43 bits per heavy atom. The molecular weight excluding hydrogens is 330 g/mol. The molecule has 0 radical (unpaired) electrons. The zero-order valence-electron chi connectivity index (χ0n) is 12.7. The fourth-order valence-electron chi connectivity index (χ4n) is 3.35. The van der Waals surface area contributed by atoms with Gasteiger partial charge in [0, 0.05) is 28.8 Å². The summed E-state index contributed by atoms with van der Waals surface area (Å²) >= 11 is 3.68. The van der Waals surface area contributed by atoms with Crippen LogP contribution in [0.25, 0.3) is 0 Å². The van der Waals surface area contributed by atoms with Gasteiger partial charge < -0.3 is 15.5 Å². The van der Waals surface area contributed by atoms with Crippen molar-refractivity contribution in [3.05, 3.63) is 22.2 Å². The maximum atomic E-state index is 11.9. The summed E-state index contributed by atoms with van der Waals surface area (Å²) < 4.78 is 1.07. The van der Waals surface area contributed by atoms with Crippen molar-refractivity contribution >= 4 is 33.2 Å². The van der Waals surface area contributed by atoms with Crippen LogP contribution < -0.4 is 15.5 Å². The molecule has 21 heavy (non-hydrogen) atoms. The Kier molecular flexibility index (Phi) is 3.97. The fourth-order valence-corrected chi connectivity index (χ4v) is 3.96. The van der Waals surface area contributed by atoms with E-state index in [1.807, 2.05) is 7.05 Å². The number of likely N-dealkylation sites (N-methyl/N-ethyl adjacent to an activating group) is 1. The second kappa shape index (κ2) is 5.61. The molecule has 5 heteroatoms. The molecular formula is C16H22BrN3O. The van der Waals surface area contributed by atoms with Crippen molar-refractivity contribution in [3.63, 3.8) is 0 Å². The third-order valence-corrected chi connectivity index (χ3v) is 5.38. The maximum Gasteiger partial charge on any atom is 0.246 e. The first-order valence-corrected chi connectivity index (χ1v) is 8.37. The Hall–Kier alpha value is -1.07. The number of rotatable bonds is 3. The maximum absolute atomic E-state index is 11.9. The first-order valence-electron chi connectivity index (χ1n) is 7.57. The summed E-state index contributed by atoms with van der Waals surface area (Å²) in [4.78, 5) is 14.4. The Morgan fingerprint density at radius 2 is 2.19 bits per heavy atom. The normalized spacial score (nSPS) is 24.6. The number of nitrogens with zero attached hydrogens (tertiary/aromatic N) is 1. The molecule has 2 N–H and O–H groups in total. The van der Waals surface area contributed by atoms with Crippen molar-refractivity contribution in [2.45, 2.75) is 26.3 Å². The molecule has 1 fully saturated rings. The minimum Gasteiger partial charge on any atom is -0.370 e. The fraction of sp³-hybridized carbons (Fsp3) is 0.562. The van der Waals surface area contributed by atoms with Crippen molar-refractivity contribution < 1.29 is 4.79 Å². The lowest BCUT2D eigenvalue weighted by molar-refractivity contribution is -0.117. The Morgan fingerprint density at radius 3 is 2.81 bits per heavy atom. The molecule has 2 atom stereocenters. The van der Waals surface area contributed by atoms with Gasteiger partial charge in [0.15, 0.2) is 0 Å². The van der Waals surface area contributed by atoms with Gasteiger partial charge in [-0.2, -0.15) is 0 Å². The first-order chi connectivity index (χ1) is 10.0. The smallest absolute Gasteiger partial charge is 0.246 e. The van der Waals surface area contributed by atoms with Crippen LogP contribution in [0.1, 0.15) is 31.9 Å². The van der Waals surface area contributed by atoms with Gasteiger partial charge >= 0.3 is 0 Å². The second-order valence-electron chi connectivity index (χ2n) is 6.34. The van der Waals surface area contributed by atoms with E-state index in [0.717, 1.165) is 40.6 Å². The van der Waals surface area contributed by atoms with Crippen LogP contribution in [-0.2, 0) is 4.79 Å². The van der Waals surface area contributed by atoms with Gasteiger partial charge in [0.25, 0.3) is 0 Å². The second-order valence-corrected chi connectivity index (χ2v) is 7.19. The number of carbonyl (C=O) groups excluding carboxylic acids is 1. The van der Waals surface area contributed by atoms with Crippen LogP contribution in [0.3, 0.4) is 0 Å². The number of hydrogen-bond donors (Lipinski definition) is 2. The van der Waals surface area contributed by atoms with Crippen LogP contribution in [0.2, 0.25) is 0 Å². The lowest BCUT2D eigenvalue weighted by atomic mass is 9.95. The summed E-state index contributed by atoms with van der Waals surface area (Å²) in [6.45, 7) is 6.77. The molecule has 4 nitrogen and oxygen atoms in total. The molecule has 0 saturated carbocycles. The van der Waals surface area contributed by atoms with Crippen LogP contribution in [0, 0.1) is 11.8 Å². The van der Waals surface area contributed by atoms with Gasteiger partial charge in [0.2, 0.25) is 5.91 Å². The number of halogens is 1. The van der Waals surface area contributed by atoms with Gasteiger partial charge in [-0.1, -0.05) is 13.8 Å². The molecule has 3 rings (SSSR count). The highest BCUT2D eigenvalue weighted by atomic mass is 79.9. The summed E-state index contributed by atoms with van der Waals surface area (Å²) in [5.41, 5.74) is 3.15. The average Bonchev–Trinajstić information content (AvgIpc) is 3.01. The van der Waals surface area contributed by atoms with Crippen LogP contribution in [0.15, 0.2) is 16.6 Å². The summed E-state index contributed by atoms with van der Waals surface area (Å²) in [5, 5.41) is 6.04. The Bertz CT molecular complexity index is 573. The highest BCUT2D eigenvalue weighted by molar-refractivity contribution is 9.10. The molecule has 0 aliphatic carbocycles. The predicted molar refractivity (Wildman–Crippen MR) is 89.7 cm³/mol. The van der Waals surface area contributed by atoms with E-state index in [1.165, 1.54) is 12.1 Å². The van der Waals surface area contributed by atoms with Crippen molar-refractivity contribution in [1.82, 2.24) is 5.32 Å². The predicted octanol–water partition coefficient (Wildman–Crippen LogP) is 3.14. The molecule has 2 aliphatic heterocycles. The third-order valence-electron chi connectivity index (χ3n) is 4.75. The van der Waals surface area contributed by atoms with Crippen molar-refractivity contribution in [1.29, 1.82) is 0 Å². The number of nitrogens with one attached hydrogen (secondary N) is 2. The van der Waals surface area contributed by atoms with Crippen molar-refractivity contribution in [3.8, 4) is 0 Å². The van der Waals surface area contributed by atoms with Crippen molar-refractivity contribution in [2.24, 2.45) is 11.8 Å². The van der Waals surface area contributed by atoms with Crippen LogP contribution >= 0.6 is 15.9 Å². The standard InChI is InChI=1S/C16H22BrN3O/c1-9(2)10-4-5-20(8-10)14-7-13-11(6-12(14)17)15(18-3)16(21)19-13/h6-7,9-10,15,18H,4-5,8H2,1-3H3,(H,19,21). The molecule has 1 aromatic carbocycles. The molecule has 1 saturated heterocycles. The third kappa shape index (κ3) is 2.57. The Labute approximate surface area is 134 Å². The summed E-state index contributed by atoms with van der Waals surface area (Å²) in [7, 11) is 1.81. The highest BCUT2D eigenvalue weighted by Gasteiger charge is 2.32. The molecule has 2 heterocycles. The lowest BCUT2D eigenvalue weighted by Crippen LogP contribution is -2.23. The molecule has 1 aromatic rings. The van der Waals surface area contributed by atoms with E-state index in [4.69, 9.17) is 0 Å².